The van der Waals surface area contributed by atoms with E-state index >= 15 is 0 Å². The van der Waals surface area contributed by atoms with Crippen LogP contribution in [0.4, 0.5) is 10.1 Å². The van der Waals surface area contributed by atoms with Gasteiger partial charge in [-0.05, 0) is 31.0 Å². The molecule has 1 N–H and O–H groups in total. The van der Waals surface area contributed by atoms with E-state index in [-0.39, 0.29) is 5.82 Å². The van der Waals surface area contributed by atoms with Gasteiger partial charge >= 0.3 is 0 Å². The van der Waals surface area contributed by atoms with E-state index in [9.17, 15) is 4.39 Å². The van der Waals surface area contributed by atoms with Crippen LogP contribution in [0.3, 0.4) is 0 Å². The van der Waals surface area contributed by atoms with Crippen molar-refractivity contribution in [2.75, 3.05) is 5.32 Å². The lowest BCUT2D eigenvalue weighted by molar-refractivity contribution is 0.494. The lowest BCUT2D eigenvalue weighted by Gasteiger charge is -2.20. The van der Waals surface area contributed by atoms with E-state index in [0.717, 1.165) is 12.1 Å². The number of halogens is 1. The topological polar surface area (TPSA) is 12.0 Å². The number of nitrogens with one attached hydrogen (secondary N) is 1. The number of benzene rings is 1. The maximum Gasteiger partial charge on any atom is 0.125 e. The van der Waals surface area contributed by atoms with E-state index in [1.165, 1.54) is 12.1 Å². The maximum atomic E-state index is 12.9. The molecule has 1 aromatic carbocycles. The zero-order valence-electron chi connectivity index (χ0n) is 9.05. The standard InChI is InChI=1S/C12H18FN/c1-4-9(2)10(3)14-12-7-5-6-11(13)8-12/h5-10,14H,4H2,1-3H3/t9-,10+/m0/s1. The summed E-state index contributed by atoms with van der Waals surface area (Å²) in [6.07, 6.45) is 1.13. The van der Waals surface area contributed by atoms with E-state index in [4.69, 9.17) is 0 Å². The van der Waals surface area contributed by atoms with Crippen LogP contribution in [-0.2, 0) is 0 Å². The Morgan fingerprint density at radius 2 is 2.07 bits per heavy atom. The van der Waals surface area contributed by atoms with Crippen LogP contribution in [0.5, 0.6) is 0 Å². The SMILES string of the molecule is CC[C@H](C)[C@@H](C)Nc1cccc(F)c1. The second-order valence-electron chi connectivity index (χ2n) is 3.83. The molecule has 14 heavy (non-hydrogen) atoms. The summed E-state index contributed by atoms with van der Waals surface area (Å²) < 4.78 is 12.9. The van der Waals surface area contributed by atoms with Gasteiger partial charge < -0.3 is 5.32 Å². The van der Waals surface area contributed by atoms with Gasteiger partial charge in [0.15, 0.2) is 0 Å². The molecule has 0 radical (unpaired) electrons. The van der Waals surface area contributed by atoms with Crippen molar-refractivity contribution in [3.8, 4) is 0 Å². The normalized spacial score (nSPS) is 14.9. The summed E-state index contributed by atoms with van der Waals surface area (Å²) in [5.41, 5.74) is 0.859. The van der Waals surface area contributed by atoms with E-state index in [2.05, 4.69) is 26.1 Å². The van der Waals surface area contributed by atoms with Crippen molar-refractivity contribution in [3.63, 3.8) is 0 Å². The zero-order valence-corrected chi connectivity index (χ0v) is 9.05. The van der Waals surface area contributed by atoms with Crippen LogP contribution in [-0.4, -0.2) is 6.04 Å². The molecular weight excluding hydrogens is 177 g/mol. The minimum absolute atomic E-state index is 0.189. The molecule has 1 nitrogen and oxygen atoms in total. The van der Waals surface area contributed by atoms with Crippen molar-refractivity contribution in [3.05, 3.63) is 30.1 Å². The summed E-state index contributed by atoms with van der Waals surface area (Å²) in [6.45, 7) is 6.48. The number of rotatable bonds is 4. The van der Waals surface area contributed by atoms with Gasteiger partial charge in [-0.2, -0.15) is 0 Å². The molecule has 0 bridgehead atoms. The summed E-state index contributed by atoms with van der Waals surface area (Å²) in [4.78, 5) is 0. The average Bonchev–Trinajstić information content (AvgIpc) is 2.16. The third-order valence-corrected chi connectivity index (χ3v) is 2.72. The first kappa shape index (κ1) is 11.0. The molecule has 0 saturated heterocycles. The summed E-state index contributed by atoms with van der Waals surface area (Å²) in [7, 11) is 0. The molecule has 0 saturated carbocycles. The number of anilines is 1. The molecule has 0 aliphatic rings. The van der Waals surface area contributed by atoms with E-state index in [1.54, 1.807) is 6.07 Å². The molecule has 0 unspecified atom stereocenters. The van der Waals surface area contributed by atoms with Gasteiger partial charge in [-0.3, -0.25) is 0 Å². The molecule has 0 fully saturated rings. The highest BCUT2D eigenvalue weighted by Gasteiger charge is 2.09. The minimum atomic E-state index is -0.189. The van der Waals surface area contributed by atoms with Gasteiger partial charge in [0.05, 0.1) is 0 Å². The minimum Gasteiger partial charge on any atom is -0.382 e. The first-order valence-electron chi connectivity index (χ1n) is 5.15. The Kier molecular flexibility index (Phi) is 3.93. The molecule has 0 aliphatic heterocycles. The molecule has 2 heteroatoms. The van der Waals surface area contributed by atoms with Crippen LogP contribution in [0.15, 0.2) is 24.3 Å². The third-order valence-electron chi connectivity index (χ3n) is 2.72. The zero-order chi connectivity index (χ0) is 10.6. The maximum absolute atomic E-state index is 12.9. The van der Waals surface area contributed by atoms with Crippen molar-refractivity contribution in [1.82, 2.24) is 0 Å². The Morgan fingerprint density at radius 1 is 1.36 bits per heavy atom. The fraction of sp³-hybridized carbons (Fsp3) is 0.500. The number of hydrogen-bond donors (Lipinski definition) is 1. The van der Waals surface area contributed by atoms with Gasteiger partial charge in [0.1, 0.15) is 5.82 Å². The van der Waals surface area contributed by atoms with Gasteiger partial charge in [0.25, 0.3) is 0 Å². The Morgan fingerprint density at radius 3 is 2.64 bits per heavy atom. The van der Waals surface area contributed by atoms with Crippen LogP contribution in [0.2, 0.25) is 0 Å². The molecule has 1 aromatic rings. The van der Waals surface area contributed by atoms with Gasteiger partial charge in [-0.1, -0.05) is 26.3 Å². The summed E-state index contributed by atoms with van der Waals surface area (Å²) in [5, 5.41) is 3.29. The van der Waals surface area contributed by atoms with Gasteiger partial charge in [-0.15, -0.1) is 0 Å². The Hall–Kier alpha value is -1.05. The first-order chi connectivity index (χ1) is 6.63. The Labute approximate surface area is 85.3 Å². The molecule has 2 atom stereocenters. The quantitative estimate of drug-likeness (QED) is 0.773. The Bertz CT molecular complexity index is 285. The van der Waals surface area contributed by atoms with Crippen molar-refractivity contribution in [2.24, 2.45) is 5.92 Å². The first-order valence-corrected chi connectivity index (χ1v) is 5.15. The summed E-state index contributed by atoms with van der Waals surface area (Å²) in [5.74, 6) is 0.407. The van der Waals surface area contributed by atoms with Crippen molar-refractivity contribution >= 4 is 5.69 Å². The number of hydrogen-bond acceptors (Lipinski definition) is 1. The predicted molar refractivity (Wildman–Crippen MR) is 58.9 cm³/mol. The van der Waals surface area contributed by atoms with E-state index in [0.29, 0.717) is 12.0 Å². The van der Waals surface area contributed by atoms with E-state index in [1.807, 2.05) is 6.07 Å². The van der Waals surface area contributed by atoms with Gasteiger partial charge in [0, 0.05) is 11.7 Å². The molecule has 0 heterocycles. The molecular formula is C12H18FN. The molecule has 1 rings (SSSR count). The second kappa shape index (κ2) is 4.99. The summed E-state index contributed by atoms with van der Waals surface area (Å²) in [6, 6.07) is 6.97. The third kappa shape index (κ3) is 3.02. The lowest BCUT2D eigenvalue weighted by Crippen LogP contribution is -2.23. The van der Waals surface area contributed by atoms with Gasteiger partial charge in [-0.25, -0.2) is 4.39 Å². The largest absolute Gasteiger partial charge is 0.382 e. The van der Waals surface area contributed by atoms with Crippen LogP contribution >= 0.6 is 0 Å². The van der Waals surface area contributed by atoms with Crippen LogP contribution in [0.25, 0.3) is 0 Å². The molecule has 78 valence electrons. The highest BCUT2D eigenvalue weighted by Crippen LogP contribution is 2.15. The highest BCUT2D eigenvalue weighted by atomic mass is 19.1. The lowest BCUT2D eigenvalue weighted by atomic mass is 10.0. The average molecular weight is 195 g/mol. The van der Waals surface area contributed by atoms with Crippen LogP contribution in [0.1, 0.15) is 27.2 Å². The van der Waals surface area contributed by atoms with Crippen molar-refractivity contribution < 1.29 is 4.39 Å². The van der Waals surface area contributed by atoms with Crippen LogP contribution in [0, 0.1) is 11.7 Å². The Balaban J connectivity index is 2.60. The molecule has 0 amide bonds. The molecule has 0 spiro atoms. The molecule has 0 aliphatic carbocycles. The van der Waals surface area contributed by atoms with Crippen molar-refractivity contribution in [2.45, 2.75) is 33.2 Å². The smallest absolute Gasteiger partial charge is 0.125 e. The van der Waals surface area contributed by atoms with Crippen LogP contribution < -0.4 is 5.32 Å². The van der Waals surface area contributed by atoms with Gasteiger partial charge in [0.2, 0.25) is 0 Å². The monoisotopic (exact) mass is 195 g/mol. The van der Waals surface area contributed by atoms with Crippen molar-refractivity contribution in [1.29, 1.82) is 0 Å². The highest BCUT2D eigenvalue weighted by molar-refractivity contribution is 5.43. The molecule has 0 aromatic heterocycles. The predicted octanol–water partition coefficient (Wildman–Crippen LogP) is 3.67. The fourth-order valence-electron chi connectivity index (χ4n) is 1.34. The van der Waals surface area contributed by atoms with E-state index < -0.39 is 0 Å². The summed E-state index contributed by atoms with van der Waals surface area (Å²) >= 11 is 0. The fourth-order valence-corrected chi connectivity index (χ4v) is 1.34. The second-order valence-corrected chi connectivity index (χ2v) is 3.83.